The molecule has 7 nitrogen and oxygen atoms in total. The zero-order valence-corrected chi connectivity index (χ0v) is 18.3. The Labute approximate surface area is 198 Å². The van der Waals surface area contributed by atoms with Gasteiger partial charge in [0.2, 0.25) is 11.8 Å². The second-order valence-electron chi connectivity index (χ2n) is 7.11. The maximum Gasteiger partial charge on any atom is 0.422 e. The lowest BCUT2D eigenvalue weighted by Crippen LogP contribution is -2.19. The third-order valence-electron chi connectivity index (χ3n) is 4.81. The van der Waals surface area contributed by atoms with E-state index in [2.05, 4.69) is 15.1 Å². The molecule has 0 aliphatic heterocycles. The van der Waals surface area contributed by atoms with Crippen LogP contribution in [0.1, 0.15) is 0 Å². The fourth-order valence-corrected chi connectivity index (χ4v) is 3.88. The van der Waals surface area contributed by atoms with Crippen molar-refractivity contribution in [3.8, 4) is 23.3 Å². The molecular weight excluding hydrogens is 496 g/mol. The molecule has 0 spiro atoms. The average molecular weight is 507 g/mol. The predicted molar refractivity (Wildman–Crippen MR) is 120 cm³/mol. The Hall–Kier alpha value is -3.63. The lowest BCUT2D eigenvalue weighted by molar-refractivity contribution is -0.154. The van der Waals surface area contributed by atoms with Crippen LogP contribution in [0.15, 0.2) is 63.9 Å². The highest BCUT2D eigenvalue weighted by atomic mass is 35.5. The van der Waals surface area contributed by atoms with E-state index in [1.54, 1.807) is 36.4 Å². The van der Waals surface area contributed by atoms with E-state index in [-0.39, 0.29) is 38.4 Å². The quantitative estimate of drug-likeness (QED) is 0.285. The highest BCUT2D eigenvalue weighted by Crippen LogP contribution is 2.33. The van der Waals surface area contributed by atoms with Gasteiger partial charge in [0, 0.05) is 17.6 Å². The monoisotopic (exact) mass is 506 g/mol. The van der Waals surface area contributed by atoms with Crippen molar-refractivity contribution in [2.75, 3.05) is 6.61 Å². The molecule has 0 fully saturated rings. The summed E-state index contributed by atoms with van der Waals surface area (Å²) in [6, 6.07) is 13.0. The minimum Gasteiger partial charge on any atom is -0.467 e. The standard InChI is InChI=1S/C22H11Cl2F3N4O3/c23-14-6-3-7-28-19(14)31-15(9-16(30-31)33-10-22(25,26)27)20-29-18-13(21(32)34-20)8-11-4-1-2-5-12(11)17(18)24/h1-9H,10H2. The maximum atomic E-state index is 12.8. The summed E-state index contributed by atoms with van der Waals surface area (Å²) in [6.45, 7) is -1.58. The van der Waals surface area contributed by atoms with Crippen molar-refractivity contribution in [1.82, 2.24) is 19.7 Å². The molecular formula is C22H11Cl2F3N4O3. The Morgan fingerprint density at radius 3 is 2.62 bits per heavy atom. The van der Waals surface area contributed by atoms with E-state index in [0.717, 1.165) is 16.1 Å². The summed E-state index contributed by atoms with van der Waals surface area (Å²) >= 11 is 12.8. The number of hydrogen-bond acceptors (Lipinski definition) is 6. The Bertz CT molecular complexity index is 1620. The minimum atomic E-state index is -4.59. The van der Waals surface area contributed by atoms with Crippen LogP contribution in [0.5, 0.6) is 5.88 Å². The van der Waals surface area contributed by atoms with Crippen molar-refractivity contribution < 1.29 is 22.3 Å². The van der Waals surface area contributed by atoms with Crippen molar-refractivity contribution in [1.29, 1.82) is 0 Å². The zero-order valence-electron chi connectivity index (χ0n) is 16.8. The molecule has 0 radical (unpaired) electrons. The van der Waals surface area contributed by atoms with E-state index in [1.807, 2.05) is 0 Å². The second kappa shape index (κ2) is 8.30. The van der Waals surface area contributed by atoms with Gasteiger partial charge in [-0.25, -0.2) is 19.4 Å². The summed E-state index contributed by atoms with van der Waals surface area (Å²) in [5.41, 5.74) is -0.601. The highest BCUT2D eigenvalue weighted by molar-refractivity contribution is 6.40. The molecule has 12 heteroatoms. The first-order valence-corrected chi connectivity index (χ1v) is 10.4. The van der Waals surface area contributed by atoms with Crippen LogP contribution in [-0.4, -0.2) is 32.5 Å². The van der Waals surface area contributed by atoms with Gasteiger partial charge in [-0.05, 0) is 23.6 Å². The van der Waals surface area contributed by atoms with Crippen molar-refractivity contribution >= 4 is 44.9 Å². The fourth-order valence-electron chi connectivity index (χ4n) is 3.37. The molecule has 0 N–H and O–H groups in total. The van der Waals surface area contributed by atoms with Gasteiger partial charge in [-0.15, -0.1) is 5.10 Å². The molecule has 172 valence electrons. The lowest BCUT2D eigenvalue weighted by atomic mass is 10.1. The summed E-state index contributed by atoms with van der Waals surface area (Å²) in [7, 11) is 0. The Kier molecular flexibility index (Phi) is 5.41. The minimum absolute atomic E-state index is 0.0130. The van der Waals surface area contributed by atoms with Crippen LogP contribution >= 0.6 is 23.2 Å². The highest BCUT2D eigenvalue weighted by Gasteiger charge is 2.30. The Morgan fingerprint density at radius 1 is 1.06 bits per heavy atom. The van der Waals surface area contributed by atoms with Gasteiger partial charge in [0.1, 0.15) is 11.2 Å². The average Bonchev–Trinajstić information content (AvgIpc) is 3.23. The number of rotatable bonds is 4. The number of nitrogens with zero attached hydrogens (tertiary/aromatic N) is 4. The van der Waals surface area contributed by atoms with E-state index >= 15 is 0 Å². The third kappa shape index (κ3) is 4.06. The Morgan fingerprint density at radius 2 is 1.85 bits per heavy atom. The fraction of sp³-hybridized carbons (Fsp3) is 0.0909. The van der Waals surface area contributed by atoms with Crippen LogP contribution in [0, 0.1) is 0 Å². The van der Waals surface area contributed by atoms with E-state index < -0.39 is 24.3 Å². The molecule has 0 amide bonds. The molecule has 0 saturated heterocycles. The lowest BCUT2D eigenvalue weighted by Gasteiger charge is -2.08. The first-order chi connectivity index (χ1) is 16.2. The molecule has 3 heterocycles. The molecule has 34 heavy (non-hydrogen) atoms. The molecule has 5 aromatic rings. The van der Waals surface area contributed by atoms with Gasteiger partial charge in [-0.3, -0.25) is 0 Å². The summed E-state index contributed by atoms with van der Waals surface area (Å²) in [5, 5.41) is 5.90. The number of benzene rings is 2. The van der Waals surface area contributed by atoms with Crippen LogP contribution in [0.2, 0.25) is 10.0 Å². The first kappa shape index (κ1) is 22.2. The number of hydrogen-bond donors (Lipinski definition) is 0. The summed E-state index contributed by atoms with van der Waals surface area (Å²) < 4.78 is 49.3. The van der Waals surface area contributed by atoms with Crippen molar-refractivity contribution in [3.63, 3.8) is 0 Å². The molecule has 5 rings (SSSR count). The van der Waals surface area contributed by atoms with Gasteiger partial charge < -0.3 is 9.15 Å². The maximum absolute atomic E-state index is 12.8. The number of pyridine rings is 1. The van der Waals surface area contributed by atoms with Gasteiger partial charge >= 0.3 is 11.8 Å². The molecule has 0 aliphatic carbocycles. The summed E-state index contributed by atoms with van der Waals surface area (Å²) in [5.74, 6) is -0.593. The first-order valence-electron chi connectivity index (χ1n) is 9.64. The van der Waals surface area contributed by atoms with Crippen LogP contribution < -0.4 is 10.4 Å². The van der Waals surface area contributed by atoms with Crippen LogP contribution in [0.25, 0.3) is 39.1 Å². The third-order valence-corrected chi connectivity index (χ3v) is 5.49. The van der Waals surface area contributed by atoms with Gasteiger partial charge in [0.25, 0.3) is 0 Å². The van der Waals surface area contributed by atoms with E-state index in [4.69, 9.17) is 32.4 Å². The van der Waals surface area contributed by atoms with Crippen LogP contribution in [-0.2, 0) is 0 Å². The van der Waals surface area contributed by atoms with Crippen LogP contribution in [0.3, 0.4) is 0 Å². The molecule has 0 saturated carbocycles. The molecule has 0 atom stereocenters. The van der Waals surface area contributed by atoms with Gasteiger partial charge in [0.15, 0.2) is 12.4 Å². The van der Waals surface area contributed by atoms with Crippen LogP contribution in [0.4, 0.5) is 13.2 Å². The number of halogens is 5. The zero-order chi connectivity index (χ0) is 24.0. The van der Waals surface area contributed by atoms with E-state index in [9.17, 15) is 18.0 Å². The van der Waals surface area contributed by atoms with Gasteiger partial charge in [-0.2, -0.15) is 13.2 Å². The number of fused-ring (bicyclic) bond motifs is 2. The molecule has 3 aromatic heterocycles. The predicted octanol–water partition coefficient (Wildman–Crippen LogP) is 5.84. The van der Waals surface area contributed by atoms with Crippen molar-refractivity contribution in [2.24, 2.45) is 0 Å². The molecule has 2 aromatic carbocycles. The van der Waals surface area contributed by atoms with Gasteiger partial charge in [0.05, 0.1) is 15.4 Å². The van der Waals surface area contributed by atoms with E-state index in [1.165, 1.54) is 12.3 Å². The smallest absolute Gasteiger partial charge is 0.422 e. The number of alkyl halides is 3. The molecule has 0 aliphatic rings. The number of aromatic nitrogens is 4. The van der Waals surface area contributed by atoms with E-state index in [0.29, 0.717) is 5.39 Å². The topological polar surface area (TPSA) is 83.0 Å². The largest absolute Gasteiger partial charge is 0.467 e. The summed E-state index contributed by atoms with van der Waals surface area (Å²) in [4.78, 5) is 21.3. The normalized spacial score (nSPS) is 11.9. The van der Waals surface area contributed by atoms with Crippen molar-refractivity contribution in [2.45, 2.75) is 6.18 Å². The summed E-state index contributed by atoms with van der Waals surface area (Å²) in [6.07, 6.45) is -3.18. The van der Waals surface area contributed by atoms with Crippen molar-refractivity contribution in [3.05, 3.63) is 75.2 Å². The Balaban J connectivity index is 1.73. The van der Waals surface area contributed by atoms with Gasteiger partial charge in [-0.1, -0.05) is 47.5 Å². The SMILES string of the molecule is O=c1oc(-c2cc(OCC(F)(F)F)nn2-c2ncccc2Cl)nc2c(Cl)c3ccccc3cc12. The molecule has 0 bridgehead atoms. The number of ether oxygens (including phenoxy) is 1. The second-order valence-corrected chi connectivity index (χ2v) is 7.89. The molecule has 0 unspecified atom stereocenters.